The lowest BCUT2D eigenvalue weighted by molar-refractivity contribution is -0.255. The van der Waals surface area contributed by atoms with Crippen LogP contribution in [0, 0.1) is 0 Å². The monoisotopic (exact) mass is 381 g/mol. The molecule has 1 heterocycles. The third kappa shape index (κ3) is 4.22. The number of carboxylic acids is 1. The maximum Gasteiger partial charge on any atom is 0.102 e. The van der Waals surface area contributed by atoms with Gasteiger partial charge in [-0.05, 0) is 29.8 Å². The van der Waals surface area contributed by atoms with E-state index in [2.05, 4.69) is 10.5 Å². The molecular formula is C23H17N4O2-. The molecular weight excluding hydrogens is 364 g/mol. The fraction of sp³-hybridized carbons (Fsp3) is 0. The zero-order valence-electron chi connectivity index (χ0n) is 15.4. The second-order valence-corrected chi connectivity index (χ2v) is 6.32. The first kappa shape index (κ1) is 18.2. The summed E-state index contributed by atoms with van der Waals surface area (Å²) in [7, 11) is 0. The number of hydrogen-bond acceptors (Lipinski definition) is 5. The van der Waals surface area contributed by atoms with Crippen LogP contribution < -0.4 is 10.5 Å². The average Bonchev–Trinajstić information content (AvgIpc) is 3.19. The molecule has 0 atom stereocenters. The van der Waals surface area contributed by atoms with Crippen molar-refractivity contribution < 1.29 is 9.90 Å². The highest BCUT2D eigenvalue weighted by Gasteiger charge is 2.10. The standard InChI is InChI=1S/C23H18N4O2/c28-23(29)18-10-7-11-20(14-18)25-24-15-19-16-27(21-12-5-2-6-13-21)26-22(19)17-8-3-1-4-9-17/h1-16,25H,(H,28,29)/p-1/b24-15-. The molecule has 0 unspecified atom stereocenters. The van der Waals surface area contributed by atoms with Crippen molar-refractivity contribution in [2.75, 3.05) is 5.43 Å². The third-order valence-electron chi connectivity index (χ3n) is 4.31. The van der Waals surface area contributed by atoms with Gasteiger partial charge in [-0.15, -0.1) is 0 Å². The van der Waals surface area contributed by atoms with Crippen molar-refractivity contribution in [1.82, 2.24) is 9.78 Å². The number of benzene rings is 3. The minimum Gasteiger partial charge on any atom is -0.545 e. The largest absolute Gasteiger partial charge is 0.545 e. The van der Waals surface area contributed by atoms with Crippen molar-refractivity contribution in [2.45, 2.75) is 0 Å². The smallest absolute Gasteiger partial charge is 0.102 e. The molecule has 0 saturated heterocycles. The molecule has 3 aromatic carbocycles. The van der Waals surface area contributed by atoms with Gasteiger partial charge in [0.15, 0.2) is 0 Å². The molecule has 1 N–H and O–H groups in total. The summed E-state index contributed by atoms with van der Waals surface area (Å²) in [5, 5.41) is 20.0. The van der Waals surface area contributed by atoms with Crippen molar-refractivity contribution in [3.8, 4) is 16.9 Å². The normalized spacial score (nSPS) is 10.9. The molecule has 0 aliphatic heterocycles. The summed E-state index contributed by atoms with van der Waals surface area (Å²) >= 11 is 0. The number of hydrogen-bond donors (Lipinski definition) is 1. The van der Waals surface area contributed by atoms with Crippen LogP contribution in [0.3, 0.4) is 0 Å². The average molecular weight is 381 g/mol. The molecule has 4 aromatic rings. The Hall–Kier alpha value is -4.19. The molecule has 0 aliphatic rings. The van der Waals surface area contributed by atoms with Gasteiger partial charge in [-0.3, -0.25) is 5.43 Å². The maximum atomic E-state index is 11.0. The van der Waals surface area contributed by atoms with Crippen LogP contribution in [0.15, 0.2) is 96.2 Å². The lowest BCUT2D eigenvalue weighted by atomic mass is 10.1. The van der Waals surface area contributed by atoms with Gasteiger partial charge in [0.1, 0.15) is 5.69 Å². The topological polar surface area (TPSA) is 82.3 Å². The highest BCUT2D eigenvalue weighted by Crippen LogP contribution is 2.22. The summed E-state index contributed by atoms with van der Waals surface area (Å²) in [6, 6.07) is 26.0. The van der Waals surface area contributed by atoms with E-state index in [4.69, 9.17) is 5.10 Å². The Morgan fingerprint density at radius 3 is 2.41 bits per heavy atom. The van der Waals surface area contributed by atoms with Crippen LogP contribution in [0.2, 0.25) is 0 Å². The Morgan fingerprint density at radius 1 is 0.966 bits per heavy atom. The summed E-state index contributed by atoms with van der Waals surface area (Å²) < 4.78 is 1.81. The fourth-order valence-electron chi connectivity index (χ4n) is 2.91. The molecule has 0 amide bonds. The van der Waals surface area contributed by atoms with E-state index in [0.29, 0.717) is 5.69 Å². The molecule has 0 bridgehead atoms. The number of aromatic nitrogens is 2. The van der Waals surface area contributed by atoms with Gasteiger partial charge in [-0.25, -0.2) is 4.68 Å². The first-order valence-corrected chi connectivity index (χ1v) is 9.02. The van der Waals surface area contributed by atoms with E-state index in [0.717, 1.165) is 22.5 Å². The summed E-state index contributed by atoms with van der Waals surface area (Å²) in [6.07, 6.45) is 3.57. The quantitative estimate of drug-likeness (QED) is 0.410. The van der Waals surface area contributed by atoms with Gasteiger partial charge in [0.25, 0.3) is 0 Å². The Bertz CT molecular complexity index is 1150. The molecule has 1 aromatic heterocycles. The molecule has 6 heteroatoms. The van der Waals surface area contributed by atoms with E-state index in [-0.39, 0.29) is 5.56 Å². The van der Waals surface area contributed by atoms with E-state index in [1.165, 1.54) is 12.1 Å². The van der Waals surface area contributed by atoms with Crippen LogP contribution in [0.1, 0.15) is 15.9 Å². The Kier molecular flexibility index (Phi) is 5.16. The molecule has 0 aliphatic carbocycles. The number of anilines is 1. The predicted molar refractivity (Wildman–Crippen MR) is 111 cm³/mol. The minimum atomic E-state index is -1.23. The van der Waals surface area contributed by atoms with E-state index in [1.54, 1.807) is 23.0 Å². The van der Waals surface area contributed by atoms with Gasteiger partial charge in [-0.1, -0.05) is 60.7 Å². The fourth-order valence-corrected chi connectivity index (χ4v) is 2.91. The second kappa shape index (κ2) is 8.22. The van der Waals surface area contributed by atoms with Crippen molar-refractivity contribution in [2.24, 2.45) is 5.10 Å². The predicted octanol–water partition coefficient (Wildman–Crippen LogP) is 3.35. The van der Waals surface area contributed by atoms with Crippen molar-refractivity contribution in [3.05, 3.63) is 102 Å². The Labute approximate surface area is 167 Å². The van der Waals surface area contributed by atoms with Crippen molar-refractivity contribution in [1.29, 1.82) is 0 Å². The number of carbonyl (C=O) groups is 1. The lowest BCUT2D eigenvalue weighted by Gasteiger charge is -2.05. The number of nitrogens with one attached hydrogen (secondary N) is 1. The van der Waals surface area contributed by atoms with E-state index < -0.39 is 5.97 Å². The van der Waals surface area contributed by atoms with Crippen LogP contribution >= 0.6 is 0 Å². The van der Waals surface area contributed by atoms with E-state index in [9.17, 15) is 9.90 Å². The van der Waals surface area contributed by atoms with Gasteiger partial charge < -0.3 is 9.90 Å². The molecule has 0 saturated carbocycles. The third-order valence-corrected chi connectivity index (χ3v) is 4.31. The van der Waals surface area contributed by atoms with Crippen LogP contribution in [0.25, 0.3) is 16.9 Å². The number of carboxylic acid groups (broad SMARTS) is 1. The summed E-state index contributed by atoms with van der Waals surface area (Å²) in [6.45, 7) is 0. The molecule has 0 spiro atoms. The van der Waals surface area contributed by atoms with E-state index in [1.807, 2.05) is 66.9 Å². The number of nitrogens with zero attached hydrogens (tertiary/aromatic N) is 3. The van der Waals surface area contributed by atoms with Gasteiger partial charge in [0.2, 0.25) is 0 Å². The van der Waals surface area contributed by atoms with Crippen LogP contribution in [0.5, 0.6) is 0 Å². The summed E-state index contributed by atoms with van der Waals surface area (Å²) in [4.78, 5) is 11.0. The number of aromatic carboxylic acids is 1. The molecule has 0 radical (unpaired) electrons. The van der Waals surface area contributed by atoms with Gasteiger partial charge in [-0.2, -0.15) is 10.2 Å². The van der Waals surface area contributed by atoms with Gasteiger partial charge in [0.05, 0.1) is 23.6 Å². The highest BCUT2D eigenvalue weighted by molar-refractivity contribution is 5.89. The highest BCUT2D eigenvalue weighted by atomic mass is 16.4. The SMILES string of the molecule is O=C([O-])c1cccc(N/N=C\c2cn(-c3ccccc3)nc2-c2ccccc2)c1. The molecule has 6 nitrogen and oxygen atoms in total. The maximum absolute atomic E-state index is 11.0. The van der Waals surface area contributed by atoms with Crippen LogP contribution in [-0.2, 0) is 0 Å². The van der Waals surface area contributed by atoms with E-state index >= 15 is 0 Å². The molecule has 0 fully saturated rings. The number of hydrazone groups is 1. The first-order valence-electron chi connectivity index (χ1n) is 9.02. The number of rotatable bonds is 6. The first-order chi connectivity index (χ1) is 14.2. The minimum absolute atomic E-state index is 0.0899. The van der Waals surface area contributed by atoms with Gasteiger partial charge >= 0.3 is 0 Å². The van der Waals surface area contributed by atoms with Gasteiger partial charge in [0, 0.05) is 17.3 Å². The zero-order valence-corrected chi connectivity index (χ0v) is 15.4. The van der Waals surface area contributed by atoms with Crippen molar-refractivity contribution in [3.63, 3.8) is 0 Å². The van der Waals surface area contributed by atoms with Crippen LogP contribution in [0.4, 0.5) is 5.69 Å². The zero-order chi connectivity index (χ0) is 20.1. The Balaban J connectivity index is 1.65. The summed E-state index contributed by atoms with van der Waals surface area (Å²) in [5.41, 5.74) is 7.04. The molecule has 29 heavy (non-hydrogen) atoms. The molecule has 142 valence electrons. The molecule has 4 rings (SSSR count). The second-order valence-electron chi connectivity index (χ2n) is 6.32. The lowest BCUT2D eigenvalue weighted by Crippen LogP contribution is -2.22. The summed E-state index contributed by atoms with van der Waals surface area (Å²) in [5.74, 6) is -1.23. The number of carbonyl (C=O) groups excluding carboxylic acids is 1. The number of para-hydroxylation sites is 1. The van der Waals surface area contributed by atoms with Crippen LogP contribution in [-0.4, -0.2) is 22.0 Å². The Morgan fingerprint density at radius 2 is 1.69 bits per heavy atom. The van der Waals surface area contributed by atoms with Crippen molar-refractivity contribution >= 4 is 17.9 Å².